The summed E-state index contributed by atoms with van der Waals surface area (Å²) in [5, 5.41) is 3.55. The second-order valence-corrected chi connectivity index (χ2v) is 4.77. The van der Waals surface area contributed by atoms with Crippen molar-refractivity contribution in [3.8, 4) is 0 Å². The second kappa shape index (κ2) is 5.52. The summed E-state index contributed by atoms with van der Waals surface area (Å²) in [6, 6.07) is 0. The van der Waals surface area contributed by atoms with E-state index in [0.29, 0.717) is 0 Å². The van der Waals surface area contributed by atoms with E-state index in [-0.39, 0.29) is 5.54 Å². The van der Waals surface area contributed by atoms with Crippen molar-refractivity contribution >= 4 is 0 Å². The largest absolute Gasteiger partial charge is 0.329 e. The first kappa shape index (κ1) is 11.7. The van der Waals surface area contributed by atoms with Crippen LogP contribution in [-0.4, -0.2) is 18.6 Å². The Morgan fingerprint density at radius 2 is 2.29 bits per heavy atom. The Bertz CT molecular complexity index is 175. The molecule has 1 fully saturated rings. The highest BCUT2D eigenvalue weighted by atomic mass is 15.0. The van der Waals surface area contributed by atoms with Crippen molar-refractivity contribution in [2.75, 3.05) is 13.1 Å². The molecule has 0 aromatic heterocycles. The maximum absolute atomic E-state index is 5.83. The van der Waals surface area contributed by atoms with E-state index in [2.05, 4.69) is 18.8 Å². The quantitative estimate of drug-likeness (QED) is 0.483. The SMILES string of the molecule is C=CCCNC(C)(CN)CC1CCC1. The van der Waals surface area contributed by atoms with Crippen molar-refractivity contribution in [2.45, 2.75) is 44.6 Å². The topological polar surface area (TPSA) is 38.0 Å². The zero-order valence-electron chi connectivity index (χ0n) is 9.39. The molecule has 82 valence electrons. The zero-order valence-corrected chi connectivity index (χ0v) is 9.39. The Balaban J connectivity index is 2.26. The van der Waals surface area contributed by atoms with Crippen LogP contribution in [0.4, 0.5) is 0 Å². The smallest absolute Gasteiger partial charge is 0.0278 e. The van der Waals surface area contributed by atoms with Gasteiger partial charge in [-0.15, -0.1) is 6.58 Å². The molecule has 1 unspecified atom stereocenters. The van der Waals surface area contributed by atoms with Crippen LogP contribution in [-0.2, 0) is 0 Å². The summed E-state index contributed by atoms with van der Waals surface area (Å²) in [5.41, 5.74) is 5.97. The van der Waals surface area contributed by atoms with E-state index in [1.807, 2.05) is 6.08 Å². The van der Waals surface area contributed by atoms with Crippen LogP contribution >= 0.6 is 0 Å². The molecule has 0 aromatic rings. The Morgan fingerprint density at radius 3 is 2.71 bits per heavy atom. The van der Waals surface area contributed by atoms with Gasteiger partial charge in [-0.05, 0) is 32.2 Å². The lowest BCUT2D eigenvalue weighted by molar-refractivity contribution is 0.208. The fourth-order valence-electron chi connectivity index (χ4n) is 2.04. The Morgan fingerprint density at radius 1 is 1.57 bits per heavy atom. The van der Waals surface area contributed by atoms with Gasteiger partial charge in [-0.3, -0.25) is 0 Å². The summed E-state index contributed by atoms with van der Waals surface area (Å²) in [5.74, 6) is 0.916. The molecule has 0 aliphatic heterocycles. The molecular formula is C12H24N2. The molecule has 1 aliphatic carbocycles. The average Bonchev–Trinajstić information content (AvgIpc) is 2.12. The predicted molar refractivity (Wildman–Crippen MR) is 62.2 cm³/mol. The highest BCUT2D eigenvalue weighted by Crippen LogP contribution is 2.33. The highest BCUT2D eigenvalue weighted by molar-refractivity contribution is 4.89. The minimum Gasteiger partial charge on any atom is -0.329 e. The molecule has 0 aromatic carbocycles. The van der Waals surface area contributed by atoms with E-state index in [1.54, 1.807) is 0 Å². The first-order chi connectivity index (χ1) is 6.70. The summed E-state index contributed by atoms with van der Waals surface area (Å²) in [4.78, 5) is 0. The van der Waals surface area contributed by atoms with Gasteiger partial charge < -0.3 is 11.1 Å². The third kappa shape index (κ3) is 3.43. The van der Waals surface area contributed by atoms with E-state index in [9.17, 15) is 0 Å². The van der Waals surface area contributed by atoms with Crippen LogP contribution in [0.2, 0.25) is 0 Å². The Labute approximate surface area is 87.9 Å². The first-order valence-corrected chi connectivity index (χ1v) is 5.76. The number of nitrogens with two attached hydrogens (primary N) is 1. The highest BCUT2D eigenvalue weighted by Gasteiger charge is 2.28. The van der Waals surface area contributed by atoms with Gasteiger partial charge in [0.25, 0.3) is 0 Å². The van der Waals surface area contributed by atoms with E-state index in [1.165, 1.54) is 25.7 Å². The van der Waals surface area contributed by atoms with E-state index in [4.69, 9.17) is 5.73 Å². The van der Waals surface area contributed by atoms with Crippen molar-refractivity contribution in [3.63, 3.8) is 0 Å². The van der Waals surface area contributed by atoms with Gasteiger partial charge in [-0.1, -0.05) is 25.3 Å². The first-order valence-electron chi connectivity index (χ1n) is 5.76. The molecule has 0 amide bonds. The van der Waals surface area contributed by atoms with Gasteiger partial charge in [0.05, 0.1) is 0 Å². The van der Waals surface area contributed by atoms with E-state index >= 15 is 0 Å². The molecular weight excluding hydrogens is 172 g/mol. The zero-order chi connectivity index (χ0) is 10.4. The molecule has 0 heterocycles. The molecule has 3 N–H and O–H groups in total. The Kier molecular flexibility index (Phi) is 4.63. The van der Waals surface area contributed by atoms with Gasteiger partial charge in [0.15, 0.2) is 0 Å². The number of hydrogen-bond donors (Lipinski definition) is 2. The van der Waals surface area contributed by atoms with Crippen molar-refractivity contribution < 1.29 is 0 Å². The second-order valence-electron chi connectivity index (χ2n) is 4.77. The molecule has 1 atom stereocenters. The number of hydrogen-bond acceptors (Lipinski definition) is 2. The van der Waals surface area contributed by atoms with Crippen LogP contribution in [0, 0.1) is 5.92 Å². The summed E-state index contributed by atoms with van der Waals surface area (Å²) >= 11 is 0. The van der Waals surface area contributed by atoms with Crippen LogP contribution in [0.3, 0.4) is 0 Å². The van der Waals surface area contributed by atoms with Crippen LogP contribution in [0.15, 0.2) is 12.7 Å². The Hall–Kier alpha value is -0.340. The fourth-order valence-corrected chi connectivity index (χ4v) is 2.04. The normalized spacial score (nSPS) is 21.3. The lowest BCUT2D eigenvalue weighted by Gasteiger charge is -2.37. The van der Waals surface area contributed by atoms with Crippen molar-refractivity contribution in [1.82, 2.24) is 5.32 Å². The molecule has 1 aliphatic rings. The summed E-state index contributed by atoms with van der Waals surface area (Å²) in [7, 11) is 0. The van der Waals surface area contributed by atoms with E-state index in [0.717, 1.165) is 25.4 Å². The number of nitrogens with one attached hydrogen (secondary N) is 1. The van der Waals surface area contributed by atoms with Crippen LogP contribution < -0.4 is 11.1 Å². The van der Waals surface area contributed by atoms with Crippen molar-refractivity contribution in [3.05, 3.63) is 12.7 Å². The van der Waals surface area contributed by atoms with Crippen LogP contribution in [0.25, 0.3) is 0 Å². The predicted octanol–water partition coefficient (Wildman–Crippen LogP) is 2.06. The maximum Gasteiger partial charge on any atom is 0.0278 e. The molecule has 0 radical (unpaired) electrons. The van der Waals surface area contributed by atoms with Gasteiger partial charge in [0.2, 0.25) is 0 Å². The molecule has 1 saturated carbocycles. The summed E-state index contributed by atoms with van der Waals surface area (Å²) in [6.07, 6.45) is 8.43. The standard InChI is InChI=1S/C12H24N2/c1-3-4-8-14-12(2,10-13)9-11-6-5-7-11/h3,11,14H,1,4-10,13H2,2H3. The third-order valence-corrected chi connectivity index (χ3v) is 3.31. The minimum atomic E-state index is 0.147. The van der Waals surface area contributed by atoms with Gasteiger partial charge >= 0.3 is 0 Å². The van der Waals surface area contributed by atoms with Gasteiger partial charge in [-0.25, -0.2) is 0 Å². The minimum absolute atomic E-state index is 0.147. The molecule has 1 rings (SSSR count). The van der Waals surface area contributed by atoms with Crippen molar-refractivity contribution in [1.29, 1.82) is 0 Å². The van der Waals surface area contributed by atoms with Crippen LogP contribution in [0.5, 0.6) is 0 Å². The number of rotatable bonds is 7. The lowest BCUT2D eigenvalue weighted by Crippen LogP contribution is -2.50. The molecule has 0 spiro atoms. The van der Waals surface area contributed by atoms with Crippen molar-refractivity contribution in [2.24, 2.45) is 11.7 Å². The molecule has 0 saturated heterocycles. The van der Waals surface area contributed by atoms with Gasteiger partial charge in [0.1, 0.15) is 0 Å². The summed E-state index contributed by atoms with van der Waals surface area (Å²) in [6.45, 7) is 7.71. The van der Waals surface area contributed by atoms with E-state index < -0.39 is 0 Å². The average molecular weight is 196 g/mol. The molecule has 0 bridgehead atoms. The lowest BCUT2D eigenvalue weighted by atomic mass is 9.76. The maximum atomic E-state index is 5.83. The monoisotopic (exact) mass is 196 g/mol. The summed E-state index contributed by atoms with van der Waals surface area (Å²) < 4.78 is 0. The van der Waals surface area contributed by atoms with Crippen LogP contribution in [0.1, 0.15) is 39.0 Å². The fraction of sp³-hybridized carbons (Fsp3) is 0.833. The van der Waals surface area contributed by atoms with Gasteiger partial charge in [-0.2, -0.15) is 0 Å². The van der Waals surface area contributed by atoms with Gasteiger partial charge in [0, 0.05) is 12.1 Å². The molecule has 14 heavy (non-hydrogen) atoms. The molecule has 2 nitrogen and oxygen atoms in total. The molecule has 2 heteroatoms. The third-order valence-electron chi connectivity index (χ3n) is 3.31.